The molecule has 0 saturated carbocycles. The summed E-state index contributed by atoms with van der Waals surface area (Å²) in [5.41, 5.74) is 1.52. The molecule has 1 saturated heterocycles. The Hall–Kier alpha value is -2.74. The highest BCUT2D eigenvalue weighted by Crippen LogP contribution is 2.13. The van der Waals surface area contributed by atoms with Crippen molar-refractivity contribution in [3.05, 3.63) is 35.4 Å². The van der Waals surface area contributed by atoms with Crippen LogP contribution in [0.4, 0.5) is 4.79 Å². The second kappa shape index (κ2) is 7.43. The van der Waals surface area contributed by atoms with Crippen LogP contribution in [0.3, 0.4) is 0 Å². The van der Waals surface area contributed by atoms with Gasteiger partial charge < -0.3 is 10.2 Å². The fourth-order valence-electron chi connectivity index (χ4n) is 2.71. The van der Waals surface area contributed by atoms with Crippen LogP contribution in [0.15, 0.2) is 24.3 Å². The van der Waals surface area contributed by atoms with E-state index in [0.29, 0.717) is 12.1 Å². The Balaban J connectivity index is 2.01. The lowest BCUT2D eigenvalue weighted by atomic mass is 10.1. The SMILES string of the molecule is CNC(=O)c1ccc(C[NH+](C)CN2C(=O)C(=O)N(C(C)C)C2=O)cc1. The molecule has 8 nitrogen and oxygen atoms in total. The molecule has 25 heavy (non-hydrogen) atoms. The minimum atomic E-state index is -0.784. The fraction of sp³-hybridized carbons (Fsp3) is 0.412. The highest BCUT2D eigenvalue weighted by Gasteiger charge is 2.46. The van der Waals surface area contributed by atoms with Gasteiger partial charge in [0.05, 0.1) is 7.05 Å². The topological polar surface area (TPSA) is 91.2 Å². The van der Waals surface area contributed by atoms with Crippen LogP contribution < -0.4 is 10.2 Å². The van der Waals surface area contributed by atoms with Crippen molar-refractivity contribution in [3.8, 4) is 0 Å². The molecule has 8 heteroatoms. The summed E-state index contributed by atoms with van der Waals surface area (Å²) in [5, 5.41) is 2.55. The summed E-state index contributed by atoms with van der Waals surface area (Å²) in [5.74, 6) is -1.72. The molecule has 1 atom stereocenters. The Kier molecular flexibility index (Phi) is 5.53. The van der Waals surface area contributed by atoms with Crippen molar-refractivity contribution in [2.24, 2.45) is 0 Å². The van der Waals surface area contributed by atoms with Crippen molar-refractivity contribution in [2.45, 2.75) is 26.4 Å². The van der Waals surface area contributed by atoms with Gasteiger partial charge in [-0.2, -0.15) is 0 Å². The standard InChI is InChI=1S/C17H22N4O4/c1-11(2)21-16(24)15(23)20(17(21)25)10-19(4)9-12-5-7-13(8-6-12)14(22)18-3/h5-8,11H,9-10H2,1-4H3,(H,18,22)/p+1. The van der Waals surface area contributed by atoms with E-state index in [2.05, 4.69) is 5.32 Å². The van der Waals surface area contributed by atoms with Gasteiger partial charge in [0, 0.05) is 24.2 Å². The van der Waals surface area contributed by atoms with Crippen molar-refractivity contribution in [3.63, 3.8) is 0 Å². The lowest BCUT2D eigenvalue weighted by Crippen LogP contribution is -3.09. The van der Waals surface area contributed by atoms with Gasteiger partial charge in [0.2, 0.25) is 0 Å². The van der Waals surface area contributed by atoms with Crippen LogP contribution in [-0.2, 0) is 16.1 Å². The normalized spacial score (nSPS) is 16.0. The molecule has 0 spiro atoms. The molecule has 2 rings (SSSR count). The summed E-state index contributed by atoms with van der Waals surface area (Å²) in [6.07, 6.45) is 0. The van der Waals surface area contributed by atoms with Gasteiger partial charge >= 0.3 is 17.8 Å². The average Bonchev–Trinajstić information content (AvgIpc) is 2.78. The Bertz CT molecular complexity index is 699. The van der Waals surface area contributed by atoms with E-state index in [4.69, 9.17) is 0 Å². The lowest BCUT2D eigenvalue weighted by molar-refractivity contribution is -0.901. The van der Waals surface area contributed by atoms with Gasteiger partial charge in [-0.25, -0.2) is 9.69 Å². The number of urea groups is 1. The monoisotopic (exact) mass is 347 g/mol. The van der Waals surface area contributed by atoms with Crippen LogP contribution in [0.25, 0.3) is 0 Å². The highest BCUT2D eigenvalue weighted by molar-refractivity contribution is 6.44. The molecule has 5 amide bonds. The fourth-order valence-corrected chi connectivity index (χ4v) is 2.71. The molecule has 1 aliphatic heterocycles. The van der Waals surface area contributed by atoms with Gasteiger partial charge in [0.25, 0.3) is 5.91 Å². The molecule has 0 aromatic heterocycles. The van der Waals surface area contributed by atoms with Gasteiger partial charge in [-0.15, -0.1) is 0 Å². The molecule has 1 fully saturated rings. The van der Waals surface area contributed by atoms with E-state index in [1.807, 2.05) is 19.2 Å². The summed E-state index contributed by atoms with van der Waals surface area (Å²) in [6, 6.07) is 6.17. The third-order valence-corrected chi connectivity index (χ3v) is 3.98. The average molecular weight is 347 g/mol. The number of carbonyl (C=O) groups is 4. The Morgan fingerprint density at radius 1 is 1.12 bits per heavy atom. The first kappa shape index (κ1) is 18.6. The van der Waals surface area contributed by atoms with E-state index in [0.717, 1.165) is 20.3 Å². The zero-order chi connectivity index (χ0) is 18.7. The van der Waals surface area contributed by atoms with E-state index < -0.39 is 17.8 Å². The van der Waals surface area contributed by atoms with Crippen LogP contribution >= 0.6 is 0 Å². The van der Waals surface area contributed by atoms with Gasteiger partial charge in [-0.3, -0.25) is 19.3 Å². The summed E-state index contributed by atoms with van der Waals surface area (Å²) in [4.78, 5) is 50.6. The van der Waals surface area contributed by atoms with Crippen LogP contribution in [0, 0.1) is 0 Å². The molecule has 2 N–H and O–H groups in total. The van der Waals surface area contributed by atoms with E-state index in [9.17, 15) is 19.2 Å². The van der Waals surface area contributed by atoms with E-state index in [1.54, 1.807) is 33.0 Å². The Morgan fingerprint density at radius 2 is 1.72 bits per heavy atom. The maximum absolute atomic E-state index is 12.3. The molecule has 1 aliphatic rings. The predicted octanol–water partition coefficient (Wildman–Crippen LogP) is -0.782. The minimum absolute atomic E-state index is 0.101. The van der Waals surface area contributed by atoms with Crippen LogP contribution in [0.5, 0.6) is 0 Å². The third-order valence-electron chi connectivity index (χ3n) is 3.98. The Morgan fingerprint density at radius 3 is 2.20 bits per heavy atom. The Labute approximate surface area is 146 Å². The van der Waals surface area contributed by atoms with Crippen molar-refractivity contribution in [1.29, 1.82) is 0 Å². The molecule has 0 bridgehead atoms. The number of quaternary nitrogens is 1. The molecule has 1 unspecified atom stereocenters. The first-order valence-corrected chi connectivity index (χ1v) is 8.07. The smallest absolute Gasteiger partial charge is 0.338 e. The minimum Gasteiger partial charge on any atom is -0.355 e. The van der Waals surface area contributed by atoms with E-state index >= 15 is 0 Å². The zero-order valence-corrected chi connectivity index (χ0v) is 14.8. The molecular formula is C17H23N4O4+. The summed E-state index contributed by atoms with van der Waals surface area (Å²) >= 11 is 0. The summed E-state index contributed by atoms with van der Waals surface area (Å²) in [7, 11) is 3.40. The lowest BCUT2D eigenvalue weighted by Gasteiger charge is -2.21. The number of nitrogens with one attached hydrogen (secondary N) is 2. The highest BCUT2D eigenvalue weighted by atomic mass is 16.2. The van der Waals surface area contributed by atoms with Gasteiger partial charge in [-0.1, -0.05) is 12.1 Å². The maximum Gasteiger partial charge on any atom is 0.338 e. The zero-order valence-electron chi connectivity index (χ0n) is 14.8. The number of benzene rings is 1. The summed E-state index contributed by atoms with van der Waals surface area (Å²) < 4.78 is 0. The van der Waals surface area contributed by atoms with Gasteiger partial charge in [-0.05, 0) is 26.0 Å². The number of nitrogens with zero attached hydrogens (tertiary/aromatic N) is 2. The number of imide groups is 2. The second-order valence-electron chi connectivity index (χ2n) is 6.35. The first-order chi connectivity index (χ1) is 11.8. The molecule has 1 heterocycles. The van der Waals surface area contributed by atoms with Crippen LogP contribution in [0.2, 0.25) is 0 Å². The molecule has 0 aliphatic carbocycles. The van der Waals surface area contributed by atoms with Crippen molar-refractivity contribution >= 4 is 23.8 Å². The van der Waals surface area contributed by atoms with Gasteiger partial charge in [0.15, 0.2) is 6.67 Å². The largest absolute Gasteiger partial charge is 0.355 e. The summed E-state index contributed by atoms with van der Waals surface area (Å²) in [6.45, 7) is 4.03. The van der Waals surface area contributed by atoms with Crippen LogP contribution in [-0.4, -0.2) is 60.4 Å². The van der Waals surface area contributed by atoms with Crippen LogP contribution in [0.1, 0.15) is 29.8 Å². The molecule has 0 radical (unpaired) electrons. The number of hydrogen-bond donors (Lipinski definition) is 2. The number of rotatable bonds is 6. The first-order valence-electron chi connectivity index (χ1n) is 8.07. The second-order valence-corrected chi connectivity index (χ2v) is 6.35. The number of amides is 5. The van der Waals surface area contributed by atoms with Crippen molar-refractivity contribution in [2.75, 3.05) is 20.8 Å². The number of carbonyl (C=O) groups excluding carboxylic acids is 4. The predicted molar refractivity (Wildman–Crippen MR) is 89.5 cm³/mol. The molecule has 134 valence electrons. The van der Waals surface area contributed by atoms with E-state index in [-0.39, 0.29) is 18.6 Å². The molecule has 1 aromatic rings. The van der Waals surface area contributed by atoms with Crippen molar-refractivity contribution in [1.82, 2.24) is 15.1 Å². The number of hydrogen-bond acceptors (Lipinski definition) is 4. The van der Waals surface area contributed by atoms with Gasteiger partial charge in [0.1, 0.15) is 6.54 Å². The molecule has 1 aromatic carbocycles. The third kappa shape index (κ3) is 3.85. The van der Waals surface area contributed by atoms with Crippen molar-refractivity contribution < 1.29 is 24.1 Å². The molecular weight excluding hydrogens is 324 g/mol. The quantitative estimate of drug-likeness (QED) is 0.522. The maximum atomic E-state index is 12.3. The van der Waals surface area contributed by atoms with E-state index in [1.165, 1.54) is 0 Å².